The Morgan fingerprint density at radius 2 is 2.00 bits per heavy atom. The van der Waals surface area contributed by atoms with Crippen molar-refractivity contribution in [3.05, 3.63) is 65.7 Å². The molecule has 1 heterocycles. The van der Waals surface area contributed by atoms with Gasteiger partial charge < -0.3 is 0 Å². The fraction of sp³-hybridized carbons (Fsp3) is 0. The van der Waals surface area contributed by atoms with E-state index in [1.807, 2.05) is 0 Å². The fourth-order valence-corrected chi connectivity index (χ4v) is 1.27. The van der Waals surface area contributed by atoms with Crippen LogP contribution in [-0.2, 0) is 0 Å². The van der Waals surface area contributed by atoms with E-state index in [0.717, 1.165) is 0 Å². The monoisotopic (exact) mass is 201 g/mol. The number of aromatic nitrogens is 1. The molecule has 0 aliphatic rings. The van der Waals surface area contributed by atoms with E-state index < -0.39 is 5.82 Å². The minimum absolute atomic E-state index is 0.268. The summed E-state index contributed by atoms with van der Waals surface area (Å²) in [7, 11) is 0. The summed E-state index contributed by atoms with van der Waals surface area (Å²) in [5, 5.41) is 0. The Hall–Kier alpha value is -2.03. The fourth-order valence-electron chi connectivity index (χ4n) is 1.27. The molecule has 0 radical (unpaired) electrons. The van der Waals surface area contributed by atoms with Crippen LogP contribution in [0.2, 0.25) is 0 Å². The van der Waals surface area contributed by atoms with Crippen LogP contribution < -0.4 is 0 Å². The molecule has 1 aromatic heterocycles. The molecule has 2 nitrogen and oxygen atoms in total. The lowest BCUT2D eigenvalue weighted by atomic mass is 10.1. The van der Waals surface area contributed by atoms with Crippen molar-refractivity contribution in [2.75, 3.05) is 0 Å². The third-order valence-electron chi connectivity index (χ3n) is 1.98. The highest BCUT2D eigenvalue weighted by molar-refractivity contribution is 6.07. The number of pyridine rings is 1. The van der Waals surface area contributed by atoms with Gasteiger partial charge in [-0.25, -0.2) is 4.39 Å². The molecule has 0 fully saturated rings. The van der Waals surface area contributed by atoms with E-state index in [1.54, 1.807) is 24.3 Å². The molecule has 0 atom stereocenters. The van der Waals surface area contributed by atoms with Gasteiger partial charge in [0.15, 0.2) is 0 Å². The number of carbonyl (C=O) groups is 1. The van der Waals surface area contributed by atoms with Crippen LogP contribution in [0.3, 0.4) is 0 Å². The molecule has 0 spiro atoms. The summed E-state index contributed by atoms with van der Waals surface area (Å²) in [5.41, 5.74) is 0.636. The number of halogens is 1. The molecule has 2 rings (SSSR count). The first-order valence-electron chi connectivity index (χ1n) is 4.48. The molecule has 0 saturated carbocycles. The number of rotatable bonds is 2. The van der Waals surface area contributed by atoms with E-state index in [-0.39, 0.29) is 5.78 Å². The molecule has 0 aliphatic heterocycles. The first kappa shape index (κ1) is 9.52. The van der Waals surface area contributed by atoms with Gasteiger partial charge >= 0.3 is 0 Å². The van der Waals surface area contributed by atoms with Gasteiger partial charge in [-0.15, -0.1) is 0 Å². The Balaban J connectivity index is 2.37. The summed E-state index contributed by atoms with van der Waals surface area (Å²) in [6.07, 6.45) is 1.53. The summed E-state index contributed by atoms with van der Waals surface area (Å²) < 4.78 is 12.9. The summed E-state index contributed by atoms with van der Waals surface area (Å²) in [6, 6.07) is 10.6. The molecular weight excluding hydrogens is 193 g/mol. The molecule has 0 unspecified atom stereocenters. The number of ketones is 1. The topological polar surface area (TPSA) is 30.0 Å². The van der Waals surface area contributed by atoms with Crippen molar-refractivity contribution in [1.82, 2.24) is 4.98 Å². The summed E-state index contributed by atoms with van der Waals surface area (Å²) in [5.74, 6) is -0.688. The van der Waals surface area contributed by atoms with E-state index in [9.17, 15) is 9.18 Å². The van der Waals surface area contributed by atoms with Gasteiger partial charge in [0.1, 0.15) is 11.5 Å². The zero-order chi connectivity index (χ0) is 10.7. The average Bonchev–Trinajstić information content (AvgIpc) is 2.29. The Kier molecular flexibility index (Phi) is 2.54. The Labute approximate surface area is 86.4 Å². The Morgan fingerprint density at radius 1 is 1.13 bits per heavy atom. The second kappa shape index (κ2) is 4.00. The van der Waals surface area contributed by atoms with Crippen molar-refractivity contribution < 1.29 is 9.18 Å². The van der Waals surface area contributed by atoms with Crippen molar-refractivity contribution in [2.24, 2.45) is 0 Å². The highest BCUT2D eigenvalue weighted by Crippen LogP contribution is 2.08. The maximum Gasteiger partial charge on any atom is 0.211 e. The second-order valence-corrected chi connectivity index (χ2v) is 3.05. The first-order chi connectivity index (χ1) is 7.27. The standard InChI is InChI=1S/C12H8FNO/c13-10-5-3-4-9(8-10)12(15)11-6-1-2-7-14-11/h1-8H. The lowest BCUT2D eigenvalue weighted by molar-refractivity contribution is 0.103. The van der Waals surface area contributed by atoms with Gasteiger partial charge in [-0.1, -0.05) is 18.2 Å². The quantitative estimate of drug-likeness (QED) is 0.698. The van der Waals surface area contributed by atoms with Crippen LogP contribution in [-0.4, -0.2) is 10.8 Å². The lowest BCUT2D eigenvalue weighted by Crippen LogP contribution is -2.03. The molecule has 74 valence electrons. The first-order valence-corrected chi connectivity index (χ1v) is 4.48. The normalized spacial score (nSPS) is 9.93. The molecule has 0 amide bonds. The third-order valence-corrected chi connectivity index (χ3v) is 1.98. The van der Waals surface area contributed by atoms with Crippen molar-refractivity contribution in [1.29, 1.82) is 0 Å². The van der Waals surface area contributed by atoms with Crippen LogP contribution in [0.4, 0.5) is 4.39 Å². The van der Waals surface area contributed by atoms with E-state index in [4.69, 9.17) is 0 Å². The number of nitrogens with zero attached hydrogens (tertiary/aromatic N) is 1. The SMILES string of the molecule is O=C(c1cccc(F)c1)c1ccccn1. The van der Waals surface area contributed by atoms with Crippen molar-refractivity contribution in [2.45, 2.75) is 0 Å². The van der Waals surface area contributed by atoms with Gasteiger partial charge in [0.05, 0.1) is 0 Å². The number of benzene rings is 1. The van der Waals surface area contributed by atoms with Crippen LogP contribution >= 0.6 is 0 Å². The largest absolute Gasteiger partial charge is 0.287 e. The minimum atomic E-state index is -0.420. The third kappa shape index (κ3) is 2.07. The zero-order valence-corrected chi connectivity index (χ0v) is 7.85. The van der Waals surface area contributed by atoms with Crippen molar-refractivity contribution in [3.8, 4) is 0 Å². The Bertz CT molecular complexity index is 482. The molecule has 0 bridgehead atoms. The molecule has 1 aromatic carbocycles. The van der Waals surface area contributed by atoms with Gasteiger partial charge in [-0.3, -0.25) is 9.78 Å². The van der Waals surface area contributed by atoms with E-state index >= 15 is 0 Å². The van der Waals surface area contributed by atoms with Crippen molar-refractivity contribution in [3.63, 3.8) is 0 Å². The number of carbonyl (C=O) groups excluding carboxylic acids is 1. The molecular formula is C12H8FNO. The maximum atomic E-state index is 12.9. The highest BCUT2D eigenvalue weighted by atomic mass is 19.1. The number of hydrogen-bond acceptors (Lipinski definition) is 2. The van der Waals surface area contributed by atoms with Crippen LogP contribution in [0.5, 0.6) is 0 Å². The van der Waals surface area contributed by atoms with Crippen molar-refractivity contribution >= 4 is 5.78 Å². The van der Waals surface area contributed by atoms with Crippen LogP contribution in [0.25, 0.3) is 0 Å². The highest BCUT2D eigenvalue weighted by Gasteiger charge is 2.09. The van der Waals surface area contributed by atoms with Gasteiger partial charge in [0.2, 0.25) is 5.78 Å². The van der Waals surface area contributed by atoms with Crippen LogP contribution in [0, 0.1) is 5.82 Å². The molecule has 0 aliphatic carbocycles. The molecule has 15 heavy (non-hydrogen) atoms. The molecule has 0 saturated heterocycles. The average molecular weight is 201 g/mol. The van der Waals surface area contributed by atoms with Gasteiger partial charge in [-0.2, -0.15) is 0 Å². The van der Waals surface area contributed by atoms with Crippen LogP contribution in [0.15, 0.2) is 48.7 Å². The number of hydrogen-bond donors (Lipinski definition) is 0. The maximum absolute atomic E-state index is 12.9. The molecule has 2 aromatic rings. The summed E-state index contributed by atoms with van der Waals surface area (Å²) in [6.45, 7) is 0. The minimum Gasteiger partial charge on any atom is -0.287 e. The van der Waals surface area contributed by atoms with Crippen LogP contribution in [0.1, 0.15) is 16.1 Å². The zero-order valence-electron chi connectivity index (χ0n) is 7.85. The van der Waals surface area contributed by atoms with E-state index in [2.05, 4.69) is 4.98 Å². The van der Waals surface area contributed by atoms with Gasteiger partial charge in [-0.05, 0) is 24.3 Å². The second-order valence-electron chi connectivity index (χ2n) is 3.05. The molecule has 3 heteroatoms. The summed E-state index contributed by atoms with van der Waals surface area (Å²) >= 11 is 0. The predicted molar refractivity (Wildman–Crippen MR) is 54.1 cm³/mol. The lowest BCUT2D eigenvalue weighted by Gasteiger charge is -1.99. The van der Waals surface area contributed by atoms with Gasteiger partial charge in [0, 0.05) is 11.8 Å². The Morgan fingerprint density at radius 3 is 2.67 bits per heavy atom. The summed E-state index contributed by atoms with van der Waals surface area (Å²) in [4.78, 5) is 15.7. The van der Waals surface area contributed by atoms with Gasteiger partial charge in [0.25, 0.3) is 0 Å². The smallest absolute Gasteiger partial charge is 0.211 e. The van der Waals surface area contributed by atoms with E-state index in [0.29, 0.717) is 11.3 Å². The molecule has 0 N–H and O–H groups in total. The van der Waals surface area contributed by atoms with E-state index in [1.165, 1.54) is 24.4 Å². The predicted octanol–water partition coefficient (Wildman–Crippen LogP) is 2.45.